The second-order valence-corrected chi connectivity index (χ2v) is 4.30. The van der Waals surface area contributed by atoms with E-state index < -0.39 is 0 Å². The van der Waals surface area contributed by atoms with E-state index in [4.69, 9.17) is 0 Å². The van der Waals surface area contributed by atoms with Gasteiger partial charge in [-0.05, 0) is 44.0 Å². The Bertz CT molecular complexity index is 494. The first-order valence-electron chi connectivity index (χ1n) is 5.76. The lowest BCUT2D eigenvalue weighted by Crippen LogP contribution is -2.08. The van der Waals surface area contributed by atoms with E-state index >= 15 is 0 Å². The van der Waals surface area contributed by atoms with Crippen LogP contribution in [0.1, 0.15) is 29.8 Å². The monoisotopic (exact) mass is 227 g/mol. The van der Waals surface area contributed by atoms with Crippen LogP contribution in [0.3, 0.4) is 0 Å². The zero-order valence-corrected chi connectivity index (χ0v) is 10.4. The van der Waals surface area contributed by atoms with E-state index in [0.29, 0.717) is 0 Å². The third-order valence-electron chi connectivity index (χ3n) is 2.92. The second kappa shape index (κ2) is 4.95. The Morgan fingerprint density at radius 3 is 2.59 bits per heavy atom. The van der Waals surface area contributed by atoms with Crippen molar-refractivity contribution in [2.45, 2.75) is 26.8 Å². The summed E-state index contributed by atoms with van der Waals surface area (Å²) in [7, 11) is 0. The molecule has 1 aromatic heterocycles. The van der Waals surface area contributed by atoms with Gasteiger partial charge in [0.25, 0.3) is 0 Å². The average molecular weight is 227 g/mol. The summed E-state index contributed by atoms with van der Waals surface area (Å²) in [5, 5.41) is 3.42. The molecule has 17 heavy (non-hydrogen) atoms. The molecule has 2 aromatic rings. The summed E-state index contributed by atoms with van der Waals surface area (Å²) in [5.74, 6) is 0. The highest BCUT2D eigenvalue weighted by Crippen LogP contribution is 2.19. The fourth-order valence-electron chi connectivity index (χ4n) is 1.69. The summed E-state index contributed by atoms with van der Waals surface area (Å²) in [4.78, 5) is 8.37. The molecule has 3 nitrogen and oxygen atoms in total. The van der Waals surface area contributed by atoms with E-state index in [1.807, 2.05) is 0 Å². The zero-order chi connectivity index (χ0) is 12.3. The summed E-state index contributed by atoms with van der Waals surface area (Å²) in [6.07, 6.45) is 5.19. The van der Waals surface area contributed by atoms with E-state index in [1.165, 1.54) is 11.1 Å². The Balaban J connectivity index is 2.13. The van der Waals surface area contributed by atoms with Crippen LogP contribution >= 0.6 is 0 Å². The quantitative estimate of drug-likeness (QED) is 0.874. The molecule has 1 heterocycles. The molecule has 0 aliphatic heterocycles. The van der Waals surface area contributed by atoms with Crippen molar-refractivity contribution in [2.75, 3.05) is 5.32 Å². The summed E-state index contributed by atoms with van der Waals surface area (Å²) >= 11 is 0. The normalized spacial score (nSPS) is 12.2. The van der Waals surface area contributed by atoms with Gasteiger partial charge in [0.05, 0.1) is 17.9 Å². The van der Waals surface area contributed by atoms with Crippen molar-refractivity contribution >= 4 is 5.69 Å². The van der Waals surface area contributed by atoms with Gasteiger partial charge in [0.1, 0.15) is 0 Å². The molecule has 0 saturated carbocycles. The van der Waals surface area contributed by atoms with Gasteiger partial charge in [0, 0.05) is 18.1 Å². The van der Waals surface area contributed by atoms with Crippen molar-refractivity contribution in [1.29, 1.82) is 0 Å². The maximum absolute atomic E-state index is 4.29. The fraction of sp³-hybridized carbons (Fsp3) is 0.286. The van der Waals surface area contributed by atoms with Gasteiger partial charge in [-0.2, -0.15) is 0 Å². The summed E-state index contributed by atoms with van der Waals surface area (Å²) < 4.78 is 0. The van der Waals surface area contributed by atoms with Gasteiger partial charge in [-0.15, -0.1) is 0 Å². The SMILES string of the molecule is Cc1ccc(NC(C)c2cnccn2)cc1C. The molecule has 1 aromatic carbocycles. The first kappa shape index (κ1) is 11.6. The number of aromatic nitrogens is 2. The van der Waals surface area contributed by atoms with Crippen LogP contribution in [0.2, 0.25) is 0 Å². The van der Waals surface area contributed by atoms with E-state index in [0.717, 1.165) is 11.4 Å². The van der Waals surface area contributed by atoms with Crippen LogP contribution < -0.4 is 5.32 Å². The minimum absolute atomic E-state index is 0.158. The van der Waals surface area contributed by atoms with Gasteiger partial charge in [0.15, 0.2) is 0 Å². The van der Waals surface area contributed by atoms with Crippen LogP contribution in [0.15, 0.2) is 36.8 Å². The van der Waals surface area contributed by atoms with Gasteiger partial charge < -0.3 is 5.32 Å². The molecule has 3 heteroatoms. The number of nitrogens with one attached hydrogen (secondary N) is 1. The third kappa shape index (κ3) is 2.81. The van der Waals surface area contributed by atoms with Gasteiger partial charge in [0.2, 0.25) is 0 Å². The highest BCUT2D eigenvalue weighted by molar-refractivity contribution is 5.49. The molecule has 2 rings (SSSR count). The number of anilines is 1. The van der Waals surface area contributed by atoms with Gasteiger partial charge >= 0.3 is 0 Å². The Labute approximate surface area is 102 Å². The minimum atomic E-state index is 0.158. The molecule has 88 valence electrons. The fourth-order valence-corrected chi connectivity index (χ4v) is 1.69. The maximum atomic E-state index is 4.29. The number of rotatable bonds is 3. The second-order valence-electron chi connectivity index (χ2n) is 4.30. The predicted molar refractivity (Wildman–Crippen MR) is 70.0 cm³/mol. The molecule has 1 atom stereocenters. The smallest absolute Gasteiger partial charge is 0.0806 e. The van der Waals surface area contributed by atoms with Crippen LogP contribution in [0.4, 0.5) is 5.69 Å². The van der Waals surface area contributed by atoms with Crippen molar-refractivity contribution in [3.63, 3.8) is 0 Å². The molecule has 1 unspecified atom stereocenters. The van der Waals surface area contributed by atoms with Crippen LogP contribution in [-0.2, 0) is 0 Å². The lowest BCUT2D eigenvalue weighted by molar-refractivity contribution is 0.827. The topological polar surface area (TPSA) is 37.8 Å². The number of nitrogens with zero attached hydrogens (tertiary/aromatic N) is 2. The Morgan fingerprint density at radius 1 is 1.12 bits per heavy atom. The lowest BCUT2D eigenvalue weighted by atomic mass is 10.1. The number of hydrogen-bond acceptors (Lipinski definition) is 3. The minimum Gasteiger partial charge on any atom is -0.377 e. The zero-order valence-electron chi connectivity index (χ0n) is 10.4. The van der Waals surface area contributed by atoms with Crippen molar-refractivity contribution in [3.05, 3.63) is 53.6 Å². The molecule has 1 N–H and O–H groups in total. The summed E-state index contributed by atoms with van der Waals surface area (Å²) in [5.41, 5.74) is 4.67. The largest absolute Gasteiger partial charge is 0.377 e. The Morgan fingerprint density at radius 2 is 1.94 bits per heavy atom. The van der Waals surface area contributed by atoms with Crippen LogP contribution in [0.25, 0.3) is 0 Å². The molecular formula is C14H17N3. The van der Waals surface area contributed by atoms with E-state index in [1.54, 1.807) is 18.6 Å². The number of aryl methyl sites for hydroxylation is 2. The molecule has 0 spiro atoms. The number of benzene rings is 1. The van der Waals surface area contributed by atoms with Crippen LogP contribution in [0, 0.1) is 13.8 Å². The third-order valence-corrected chi connectivity index (χ3v) is 2.92. The molecule has 0 bridgehead atoms. The first-order valence-corrected chi connectivity index (χ1v) is 5.76. The standard InChI is InChI=1S/C14H17N3/c1-10-4-5-13(8-11(10)2)17-12(3)14-9-15-6-7-16-14/h4-9,12,17H,1-3H3. The van der Waals surface area contributed by atoms with Gasteiger partial charge in [-0.25, -0.2) is 0 Å². The van der Waals surface area contributed by atoms with Gasteiger partial charge in [-0.3, -0.25) is 9.97 Å². The average Bonchev–Trinajstić information content (AvgIpc) is 2.35. The lowest BCUT2D eigenvalue weighted by Gasteiger charge is -2.15. The molecule has 0 amide bonds. The summed E-state index contributed by atoms with van der Waals surface area (Å²) in [6, 6.07) is 6.53. The van der Waals surface area contributed by atoms with Crippen LogP contribution in [0.5, 0.6) is 0 Å². The maximum Gasteiger partial charge on any atom is 0.0806 e. The Kier molecular flexibility index (Phi) is 3.38. The first-order chi connectivity index (χ1) is 8.16. The molecule has 0 saturated heterocycles. The van der Waals surface area contributed by atoms with E-state index in [-0.39, 0.29) is 6.04 Å². The molecular weight excluding hydrogens is 210 g/mol. The highest BCUT2D eigenvalue weighted by atomic mass is 14.9. The highest BCUT2D eigenvalue weighted by Gasteiger charge is 2.06. The number of hydrogen-bond donors (Lipinski definition) is 1. The van der Waals surface area contributed by atoms with Crippen molar-refractivity contribution in [1.82, 2.24) is 9.97 Å². The van der Waals surface area contributed by atoms with Crippen molar-refractivity contribution in [3.8, 4) is 0 Å². The molecule has 0 fully saturated rings. The van der Waals surface area contributed by atoms with Crippen molar-refractivity contribution in [2.24, 2.45) is 0 Å². The van der Waals surface area contributed by atoms with Crippen molar-refractivity contribution < 1.29 is 0 Å². The van der Waals surface area contributed by atoms with E-state index in [2.05, 4.69) is 54.3 Å². The van der Waals surface area contributed by atoms with E-state index in [9.17, 15) is 0 Å². The molecule has 0 aliphatic rings. The predicted octanol–water partition coefficient (Wildman–Crippen LogP) is 3.27. The Hall–Kier alpha value is -1.90. The molecule has 0 aliphatic carbocycles. The van der Waals surface area contributed by atoms with Crippen LogP contribution in [-0.4, -0.2) is 9.97 Å². The van der Waals surface area contributed by atoms with Gasteiger partial charge in [-0.1, -0.05) is 6.07 Å². The molecule has 0 radical (unpaired) electrons. The summed E-state index contributed by atoms with van der Waals surface area (Å²) in [6.45, 7) is 6.32.